The molecule has 0 fully saturated rings. The van der Waals surface area contributed by atoms with Crippen molar-refractivity contribution in [3.05, 3.63) is 24.0 Å². The normalized spacial score (nSPS) is 12.5. The first-order chi connectivity index (χ1) is 8.45. The number of hydrogen-bond donors (Lipinski definition) is 1. The average Bonchev–Trinajstić information content (AvgIpc) is 2.74. The number of amides is 1. The van der Waals surface area contributed by atoms with E-state index in [1.807, 2.05) is 38.2 Å². The molecule has 5 heteroatoms. The number of Topliss-reactive ketones (excluding diaryl/α,β-unsaturated/α-hetero) is 1. The monoisotopic (exact) mass is 251 g/mol. The molecule has 0 bridgehead atoms. The highest BCUT2D eigenvalue weighted by Crippen LogP contribution is 2.04. The number of nitrogens with one attached hydrogen (secondary N) is 1. The third kappa shape index (κ3) is 3.70. The van der Waals surface area contributed by atoms with Crippen LogP contribution in [0.2, 0.25) is 0 Å². The second kappa shape index (κ2) is 6.35. The molecule has 0 aliphatic heterocycles. The molecule has 0 aliphatic carbocycles. The molecule has 0 saturated heterocycles. The summed E-state index contributed by atoms with van der Waals surface area (Å²) < 4.78 is 1.80. The third-order valence-corrected chi connectivity index (χ3v) is 2.92. The maximum atomic E-state index is 12.0. The van der Waals surface area contributed by atoms with Crippen LogP contribution in [0.4, 0.5) is 0 Å². The Bertz CT molecular complexity index is 426. The van der Waals surface area contributed by atoms with Gasteiger partial charge in [0.15, 0.2) is 5.78 Å². The molecule has 1 amide bonds. The fourth-order valence-electron chi connectivity index (χ4n) is 1.94. The van der Waals surface area contributed by atoms with E-state index in [4.69, 9.17) is 0 Å². The van der Waals surface area contributed by atoms with Gasteiger partial charge in [-0.1, -0.05) is 6.92 Å². The number of hydrogen-bond acceptors (Lipinski definition) is 3. The molecule has 1 aromatic heterocycles. The lowest BCUT2D eigenvalue weighted by atomic mass is 10.1. The fraction of sp³-hybridized carbons (Fsp3) is 0.538. The van der Waals surface area contributed by atoms with Crippen molar-refractivity contribution >= 4 is 11.7 Å². The third-order valence-electron chi connectivity index (χ3n) is 2.92. The van der Waals surface area contributed by atoms with Gasteiger partial charge >= 0.3 is 0 Å². The Balaban J connectivity index is 2.50. The van der Waals surface area contributed by atoms with Crippen LogP contribution in [-0.2, 0) is 11.8 Å². The Kier molecular flexibility index (Phi) is 5.09. The summed E-state index contributed by atoms with van der Waals surface area (Å²) in [7, 11) is 5.31. The van der Waals surface area contributed by atoms with Crippen molar-refractivity contribution in [3.8, 4) is 0 Å². The van der Waals surface area contributed by atoms with Crippen molar-refractivity contribution in [1.29, 1.82) is 0 Å². The van der Waals surface area contributed by atoms with E-state index in [9.17, 15) is 9.59 Å². The Morgan fingerprint density at radius 3 is 2.67 bits per heavy atom. The van der Waals surface area contributed by atoms with Gasteiger partial charge in [0.2, 0.25) is 5.91 Å². The van der Waals surface area contributed by atoms with Crippen LogP contribution < -0.4 is 5.32 Å². The first-order valence-electron chi connectivity index (χ1n) is 6.00. The van der Waals surface area contributed by atoms with Crippen LogP contribution in [0.25, 0.3) is 0 Å². The predicted octanol–water partition coefficient (Wildman–Crippen LogP) is 0.522. The quantitative estimate of drug-likeness (QED) is 0.750. The lowest BCUT2D eigenvalue weighted by molar-refractivity contribution is -0.124. The van der Waals surface area contributed by atoms with Gasteiger partial charge in [0.1, 0.15) is 0 Å². The maximum absolute atomic E-state index is 12.0. The van der Waals surface area contributed by atoms with Gasteiger partial charge in [0.05, 0.1) is 12.2 Å². The van der Waals surface area contributed by atoms with Gasteiger partial charge in [-0.2, -0.15) is 0 Å². The molecule has 1 unspecified atom stereocenters. The Morgan fingerprint density at radius 1 is 1.50 bits per heavy atom. The van der Waals surface area contributed by atoms with Crippen molar-refractivity contribution in [3.63, 3.8) is 0 Å². The van der Waals surface area contributed by atoms with Crippen molar-refractivity contribution in [2.24, 2.45) is 13.0 Å². The summed E-state index contributed by atoms with van der Waals surface area (Å²) in [6.45, 7) is 2.73. The standard InChI is InChI=1S/C13H21N3O2/c1-10(13(18)14-2)8-15(3)9-12(17)11-6-5-7-16(11)4/h5-7,10H,8-9H2,1-4H3,(H,14,18). The summed E-state index contributed by atoms with van der Waals surface area (Å²) in [6, 6.07) is 3.65. The van der Waals surface area contributed by atoms with Gasteiger partial charge in [0, 0.05) is 32.8 Å². The lowest BCUT2D eigenvalue weighted by Crippen LogP contribution is -2.36. The molecule has 100 valence electrons. The van der Waals surface area contributed by atoms with E-state index >= 15 is 0 Å². The molecule has 5 nitrogen and oxygen atoms in total. The van der Waals surface area contributed by atoms with Crippen LogP contribution in [0.1, 0.15) is 17.4 Å². The molecule has 0 spiro atoms. The SMILES string of the molecule is CNC(=O)C(C)CN(C)CC(=O)c1cccn1C. The molecule has 1 rings (SSSR count). The Morgan fingerprint density at radius 2 is 2.17 bits per heavy atom. The van der Waals surface area contributed by atoms with E-state index in [-0.39, 0.29) is 17.6 Å². The summed E-state index contributed by atoms with van der Waals surface area (Å²) in [5.74, 6) is -0.0662. The van der Waals surface area contributed by atoms with Gasteiger partial charge in [-0.15, -0.1) is 0 Å². The van der Waals surface area contributed by atoms with Crippen LogP contribution in [0, 0.1) is 5.92 Å². The molecule has 1 atom stereocenters. The van der Waals surface area contributed by atoms with E-state index in [1.165, 1.54) is 0 Å². The second-order valence-corrected chi connectivity index (χ2v) is 4.64. The summed E-state index contributed by atoms with van der Waals surface area (Å²) in [5, 5.41) is 2.61. The van der Waals surface area contributed by atoms with Gasteiger partial charge < -0.3 is 9.88 Å². The average molecular weight is 251 g/mol. The summed E-state index contributed by atoms with van der Waals surface area (Å²) >= 11 is 0. The summed E-state index contributed by atoms with van der Waals surface area (Å²) in [6.07, 6.45) is 1.85. The van der Waals surface area contributed by atoms with E-state index in [0.29, 0.717) is 18.8 Å². The minimum absolute atomic E-state index is 0.00633. The topological polar surface area (TPSA) is 54.3 Å². The number of carbonyl (C=O) groups is 2. The van der Waals surface area contributed by atoms with Crippen molar-refractivity contribution in [2.45, 2.75) is 6.92 Å². The molecule has 0 radical (unpaired) electrons. The Hall–Kier alpha value is -1.62. The van der Waals surface area contributed by atoms with E-state index in [1.54, 1.807) is 17.7 Å². The molecule has 0 aromatic carbocycles. The van der Waals surface area contributed by atoms with Crippen molar-refractivity contribution in [2.75, 3.05) is 27.2 Å². The largest absolute Gasteiger partial charge is 0.359 e. The minimum Gasteiger partial charge on any atom is -0.359 e. The first-order valence-corrected chi connectivity index (χ1v) is 6.00. The number of ketones is 1. The highest BCUT2D eigenvalue weighted by Gasteiger charge is 2.17. The molecule has 1 heterocycles. The predicted molar refractivity (Wildman–Crippen MR) is 70.5 cm³/mol. The van der Waals surface area contributed by atoms with E-state index < -0.39 is 0 Å². The minimum atomic E-state index is -0.124. The van der Waals surface area contributed by atoms with Gasteiger partial charge in [-0.25, -0.2) is 0 Å². The molecule has 0 aliphatic rings. The molecule has 1 N–H and O–H groups in total. The number of rotatable bonds is 6. The number of carbonyl (C=O) groups excluding carboxylic acids is 2. The molecular formula is C13H21N3O2. The maximum Gasteiger partial charge on any atom is 0.223 e. The summed E-state index contributed by atoms with van der Waals surface area (Å²) in [5.41, 5.74) is 0.689. The first kappa shape index (κ1) is 14.4. The zero-order valence-electron chi connectivity index (χ0n) is 11.4. The van der Waals surface area contributed by atoms with Gasteiger partial charge in [0.25, 0.3) is 0 Å². The lowest BCUT2D eigenvalue weighted by Gasteiger charge is -2.19. The molecule has 18 heavy (non-hydrogen) atoms. The number of likely N-dealkylation sites (N-methyl/N-ethyl adjacent to an activating group) is 1. The smallest absolute Gasteiger partial charge is 0.223 e. The van der Waals surface area contributed by atoms with Crippen molar-refractivity contribution in [1.82, 2.24) is 14.8 Å². The van der Waals surface area contributed by atoms with Crippen molar-refractivity contribution < 1.29 is 9.59 Å². The van der Waals surface area contributed by atoms with Crippen LogP contribution >= 0.6 is 0 Å². The molecule has 1 aromatic rings. The number of aromatic nitrogens is 1. The fourth-order valence-corrected chi connectivity index (χ4v) is 1.94. The summed E-state index contributed by atoms with van der Waals surface area (Å²) in [4.78, 5) is 25.3. The molecular weight excluding hydrogens is 230 g/mol. The van der Waals surface area contributed by atoms with Gasteiger partial charge in [-0.3, -0.25) is 14.5 Å². The van der Waals surface area contributed by atoms with Crippen LogP contribution in [-0.4, -0.2) is 48.3 Å². The van der Waals surface area contributed by atoms with Crippen LogP contribution in [0.3, 0.4) is 0 Å². The molecule has 0 saturated carbocycles. The van der Waals surface area contributed by atoms with Gasteiger partial charge in [-0.05, 0) is 19.2 Å². The highest BCUT2D eigenvalue weighted by atomic mass is 16.2. The zero-order chi connectivity index (χ0) is 13.7. The van der Waals surface area contributed by atoms with E-state index in [2.05, 4.69) is 5.32 Å². The Labute approximate surface area is 108 Å². The highest BCUT2D eigenvalue weighted by molar-refractivity contribution is 5.96. The number of nitrogens with zero attached hydrogens (tertiary/aromatic N) is 2. The second-order valence-electron chi connectivity index (χ2n) is 4.64. The number of aryl methyl sites for hydroxylation is 1. The van der Waals surface area contributed by atoms with Crippen LogP contribution in [0.15, 0.2) is 18.3 Å². The zero-order valence-corrected chi connectivity index (χ0v) is 11.4. The van der Waals surface area contributed by atoms with E-state index in [0.717, 1.165) is 0 Å². The van der Waals surface area contributed by atoms with Crippen LogP contribution in [0.5, 0.6) is 0 Å².